The van der Waals surface area contributed by atoms with Crippen molar-refractivity contribution in [2.24, 2.45) is 0 Å². The number of nitrogens with one attached hydrogen (secondary N) is 2. The van der Waals surface area contributed by atoms with Gasteiger partial charge in [-0.15, -0.1) is 0 Å². The molecule has 8 heteroatoms. The third-order valence-corrected chi connectivity index (χ3v) is 5.78. The number of amides is 1. The SMILES string of the molecule is CCN(CC)CCNC(=O)c1ccc(S(=O)(=O)Nc2ccc(Cl)cc2)cc1. The number of halogens is 1. The Morgan fingerprint density at radius 1 is 1.00 bits per heavy atom. The van der Waals surface area contributed by atoms with E-state index in [1.807, 2.05) is 0 Å². The fourth-order valence-corrected chi connectivity index (χ4v) is 3.67. The van der Waals surface area contributed by atoms with Crippen LogP contribution in [0.2, 0.25) is 5.02 Å². The summed E-state index contributed by atoms with van der Waals surface area (Å²) in [4.78, 5) is 14.5. The quantitative estimate of drug-likeness (QED) is 0.666. The molecule has 2 aromatic rings. The van der Waals surface area contributed by atoms with Crippen LogP contribution in [0.5, 0.6) is 0 Å². The number of hydrogen-bond donors (Lipinski definition) is 2. The van der Waals surface area contributed by atoms with Crippen molar-refractivity contribution in [1.29, 1.82) is 0 Å². The number of nitrogens with zero attached hydrogens (tertiary/aromatic N) is 1. The van der Waals surface area contributed by atoms with Gasteiger partial charge in [0.25, 0.3) is 15.9 Å². The summed E-state index contributed by atoms with van der Waals surface area (Å²) in [5, 5.41) is 3.37. The zero-order valence-corrected chi connectivity index (χ0v) is 17.0. The molecule has 146 valence electrons. The van der Waals surface area contributed by atoms with Gasteiger partial charge in [0, 0.05) is 29.4 Å². The van der Waals surface area contributed by atoms with Crippen molar-refractivity contribution in [2.75, 3.05) is 30.9 Å². The molecule has 0 saturated heterocycles. The number of carbonyl (C=O) groups is 1. The Morgan fingerprint density at radius 3 is 2.15 bits per heavy atom. The van der Waals surface area contributed by atoms with E-state index < -0.39 is 10.0 Å². The Kier molecular flexibility index (Phi) is 7.65. The lowest BCUT2D eigenvalue weighted by molar-refractivity contribution is 0.0949. The molecule has 0 fully saturated rings. The van der Waals surface area contributed by atoms with Crippen molar-refractivity contribution in [3.63, 3.8) is 0 Å². The number of hydrogen-bond acceptors (Lipinski definition) is 4. The summed E-state index contributed by atoms with van der Waals surface area (Å²) in [6.45, 7) is 7.32. The first kappa shape index (κ1) is 21.2. The second-order valence-corrected chi connectivity index (χ2v) is 8.04. The standard InChI is InChI=1S/C19H24ClN3O3S/c1-3-23(4-2)14-13-21-19(24)15-5-11-18(12-6-15)27(25,26)22-17-9-7-16(20)8-10-17/h5-12,22H,3-4,13-14H2,1-2H3,(H,21,24). The highest BCUT2D eigenvalue weighted by molar-refractivity contribution is 7.92. The van der Waals surface area contributed by atoms with E-state index in [9.17, 15) is 13.2 Å². The minimum atomic E-state index is -3.74. The number of rotatable bonds is 9. The molecule has 0 aliphatic rings. The van der Waals surface area contributed by atoms with Crippen LogP contribution in [0.15, 0.2) is 53.4 Å². The summed E-state index contributed by atoms with van der Waals surface area (Å²) < 4.78 is 27.3. The number of sulfonamides is 1. The molecular formula is C19H24ClN3O3S. The molecule has 2 N–H and O–H groups in total. The summed E-state index contributed by atoms with van der Waals surface area (Å²) >= 11 is 5.80. The highest BCUT2D eigenvalue weighted by Gasteiger charge is 2.15. The second-order valence-electron chi connectivity index (χ2n) is 5.92. The highest BCUT2D eigenvalue weighted by Crippen LogP contribution is 2.18. The van der Waals surface area contributed by atoms with E-state index >= 15 is 0 Å². The maximum Gasteiger partial charge on any atom is 0.261 e. The van der Waals surface area contributed by atoms with Crippen molar-refractivity contribution < 1.29 is 13.2 Å². The van der Waals surface area contributed by atoms with E-state index in [0.717, 1.165) is 19.6 Å². The van der Waals surface area contributed by atoms with Gasteiger partial charge in [-0.05, 0) is 61.6 Å². The normalized spacial score (nSPS) is 11.4. The van der Waals surface area contributed by atoms with E-state index in [1.165, 1.54) is 24.3 Å². The van der Waals surface area contributed by atoms with E-state index in [1.54, 1.807) is 24.3 Å². The molecule has 0 unspecified atom stereocenters. The molecule has 0 atom stereocenters. The van der Waals surface area contributed by atoms with Crippen LogP contribution in [0.4, 0.5) is 5.69 Å². The second kappa shape index (κ2) is 9.73. The van der Waals surface area contributed by atoms with Gasteiger partial charge in [-0.25, -0.2) is 8.42 Å². The summed E-state index contributed by atoms with van der Waals surface area (Å²) in [5.74, 6) is -0.225. The lowest BCUT2D eigenvalue weighted by Crippen LogP contribution is -2.34. The molecule has 1 amide bonds. The third kappa shape index (κ3) is 6.23. The van der Waals surface area contributed by atoms with Crippen LogP contribution in [0.3, 0.4) is 0 Å². The first-order valence-electron chi connectivity index (χ1n) is 8.74. The van der Waals surface area contributed by atoms with Gasteiger partial charge in [0.15, 0.2) is 0 Å². The molecular weight excluding hydrogens is 386 g/mol. The van der Waals surface area contributed by atoms with Gasteiger partial charge in [-0.2, -0.15) is 0 Å². The van der Waals surface area contributed by atoms with Gasteiger partial charge in [0.05, 0.1) is 4.90 Å². The van der Waals surface area contributed by atoms with E-state index in [4.69, 9.17) is 11.6 Å². The summed E-state index contributed by atoms with van der Waals surface area (Å²) in [5.41, 5.74) is 0.831. The Labute approximate surface area is 165 Å². The van der Waals surface area contributed by atoms with E-state index in [0.29, 0.717) is 22.8 Å². The topological polar surface area (TPSA) is 78.5 Å². The predicted molar refractivity (Wildman–Crippen MR) is 109 cm³/mol. The molecule has 27 heavy (non-hydrogen) atoms. The molecule has 0 spiro atoms. The largest absolute Gasteiger partial charge is 0.351 e. The minimum Gasteiger partial charge on any atom is -0.351 e. The Hall–Kier alpha value is -2.09. The zero-order valence-electron chi connectivity index (χ0n) is 15.4. The van der Waals surface area contributed by atoms with Crippen LogP contribution in [-0.4, -0.2) is 45.4 Å². The number of anilines is 1. The highest BCUT2D eigenvalue weighted by atomic mass is 35.5. The number of benzene rings is 2. The lowest BCUT2D eigenvalue weighted by Gasteiger charge is -2.18. The van der Waals surface area contributed by atoms with Crippen molar-refractivity contribution in [1.82, 2.24) is 10.2 Å². The Morgan fingerprint density at radius 2 is 1.59 bits per heavy atom. The smallest absolute Gasteiger partial charge is 0.261 e. The van der Waals surface area contributed by atoms with Gasteiger partial charge in [-0.3, -0.25) is 9.52 Å². The molecule has 6 nitrogen and oxygen atoms in total. The van der Waals surface area contributed by atoms with E-state index in [2.05, 4.69) is 28.8 Å². The van der Waals surface area contributed by atoms with Gasteiger partial charge in [0.2, 0.25) is 0 Å². The molecule has 0 bridgehead atoms. The van der Waals surface area contributed by atoms with Crippen LogP contribution in [0.1, 0.15) is 24.2 Å². The maximum absolute atomic E-state index is 12.4. The molecule has 0 heterocycles. The number of likely N-dealkylation sites (N-methyl/N-ethyl adjacent to an activating group) is 1. The van der Waals surface area contributed by atoms with Crippen LogP contribution in [-0.2, 0) is 10.0 Å². The van der Waals surface area contributed by atoms with Crippen LogP contribution in [0.25, 0.3) is 0 Å². The predicted octanol–water partition coefficient (Wildman–Crippen LogP) is 3.21. The van der Waals surface area contributed by atoms with Crippen LogP contribution < -0.4 is 10.0 Å². The molecule has 0 aliphatic heterocycles. The summed E-state index contributed by atoms with van der Waals surface area (Å²) in [7, 11) is -3.74. The van der Waals surface area contributed by atoms with Crippen molar-refractivity contribution in [3.05, 3.63) is 59.1 Å². The van der Waals surface area contributed by atoms with Crippen LogP contribution in [0, 0.1) is 0 Å². The first-order valence-corrected chi connectivity index (χ1v) is 10.6. The maximum atomic E-state index is 12.4. The van der Waals surface area contributed by atoms with Crippen molar-refractivity contribution in [3.8, 4) is 0 Å². The van der Waals surface area contributed by atoms with Gasteiger partial charge in [-0.1, -0.05) is 25.4 Å². The summed E-state index contributed by atoms with van der Waals surface area (Å²) in [6.07, 6.45) is 0. The zero-order chi connectivity index (χ0) is 19.9. The van der Waals surface area contributed by atoms with Gasteiger partial charge < -0.3 is 10.2 Å². The van der Waals surface area contributed by atoms with E-state index in [-0.39, 0.29) is 10.8 Å². The lowest BCUT2D eigenvalue weighted by atomic mass is 10.2. The average Bonchev–Trinajstić information content (AvgIpc) is 2.67. The van der Waals surface area contributed by atoms with Crippen molar-refractivity contribution >= 4 is 33.2 Å². The molecule has 0 aliphatic carbocycles. The van der Waals surface area contributed by atoms with Gasteiger partial charge in [0.1, 0.15) is 0 Å². The Balaban J connectivity index is 1.98. The van der Waals surface area contributed by atoms with Gasteiger partial charge >= 0.3 is 0 Å². The fourth-order valence-electron chi connectivity index (χ4n) is 2.49. The Bertz CT molecular complexity index is 849. The fraction of sp³-hybridized carbons (Fsp3) is 0.316. The first-order chi connectivity index (χ1) is 12.9. The molecule has 0 aromatic heterocycles. The van der Waals surface area contributed by atoms with Crippen LogP contribution >= 0.6 is 11.6 Å². The minimum absolute atomic E-state index is 0.0807. The summed E-state index contributed by atoms with van der Waals surface area (Å²) in [6, 6.07) is 12.2. The molecule has 2 aromatic carbocycles. The van der Waals surface area contributed by atoms with Crippen molar-refractivity contribution in [2.45, 2.75) is 18.7 Å². The molecule has 0 radical (unpaired) electrons. The average molecular weight is 410 g/mol. The third-order valence-electron chi connectivity index (χ3n) is 4.13. The monoisotopic (exact) mass is 409 g/mol. The molecule has 2 rings (SSSR count). The molecule has 0 saturated carbocycles. The number of carbonyl (C=O) groups excluding carboxylic acids is 1.